The summed E-state index contributed by atoms with van der Waals surface area (Å²) in [5, 5.41) is 21.5. The molecule has 0 atom stereocenters. The molecule has 1 aliphatic heterocycles. The van der Waals surface area contributed by atoms with Crippen LogP contribution in [0.5, 0.6) is 0 Å². The second-order valence-electron chi connectivity index (χ2n) is 9.84. The SMILES string of the molecule is Cc1cc(NC2CCNCC2)nc(NCc2noc(CCCNCCCNC3CCCCC3)n2)n1. The van der Waals surface area contributed by atoms with E-state index >= 15 is 0 Å². The molecule has 0 amide bonds. The zero-order valence-electron chi connectivity index (χ0n) is 21.2. The maximum atomic E-state index is 5.42. The Morgan fingerprint density at radius 2 is 1.77 bits per heavy atom. The van der Waals surface area contributed by atoms with Crippen LogP contribution in [0.15, 0.2) is 10.6 Å². The Labute approximate surface area is 209 Å². The molecule has 0 unspecified atom stereocenters. The van der Waals surface area contributed by atoms with Crippen molar-refractivity contribution in [2.75, 3.05) is 43.4 Å². The summed E-state index contributed by atoms with van der Waals surface area (Å²) < 4.78 is 5.42. The molecule has 2 aromatic heterocycles. The first-order valence-electron chi connectivity index (χ1n) is 13.6. The zero-order chi connectivity index (χ0) is 24.1. The van der Waals surface area contributed by atoms with E-state index in [4.69, 9.17) is 4.52 Å². The molecule has 10 nitrogen and oxygen atoms in total. The Morgan fingerprint density at radius 1 is 0.943 bits per heavy atom. The Kier molecular flexibility index (Phi) is 10.5. The van der Waals surface area contributed by atoms with Crippen LogP contribution in [-0.4, -0.2) is 64.9 Å². The van der Waals surface area contributed by atoms with Gasteiger partial charge in [-0.15, -0.1) is 0 Å². The Balaban J connectivity index is 1.09. The van der Waals surface area contributed by atoms with Crippen molar-refractivity contribution in [1.29, 1.82) is 0 Å². The van der Waals surface area contributed by atoms with Crippen LogP contribution >= 0.6 is 0 Å². The topological polar surface area (TPSA) is 125 Å². The lowest BCUT2D eigenvalue weighted by molar-refractivity contribution is 0.367. The van der Waals surface area contributed by atoms with E-state index in [-0.39, 0.29) is 0 Å². The van der Waals surface area contributed by atoms with Gasteiger partial charge in [-0.25, -0.2) is 4.98 Å². The third kappa shape index (κ3) is 9.35. The molecule has 0 aromatic carbocycles. The highest BCUT2D eigenvalue weighted by atomic mass is 16.5. The number of piperidine rings is 1. The summed E-state index contributed by atoms with van der Waals surface area (Å²) in [6.07, 6.45) is 12.0. The zero-order valence-corrected chi connectivity index (χ0v) is 21.2. The molecule has 1 aliphatic carbocycles. The first-order chi connectivity index (χ1) is 17.2. The molecule has 35 heavy (non-hydrogen) atoms. The molecule has 4 rings (SSSR count). The first-order valence-corrected chi connectivity index (χ1v) is 13.6. The van der Waals surface area contributed by atoms with Gasteiger partial charge >= 0.3 is 0 Å². The van der Waals surface area contributed by atoms with Gasteiger partial charge < -0.3 is 31.1 Å². The third-order valence-electron chi connectivity index (χ3n) is 6.77. The van der Waals surface area contributed by atoms with Gasteiger partial charge in [0.2, 0.25) is 11.8 Å². The van der Waals surface area contributed by atoms with E-state index in [1.807, 2.05) is 13.0 Å². The van der Waals surface area contributed by atoms with Crippen LogP contribution in [0.1, 0.15) is 75.2 Å². The predicted molar refractivity (Wildman–Crippen MR) is 139 cm³/mol. The summed E-state index contributed by atoms with van der Waals surface area (Å²) in [5.74, 6) is 2.74. The lowest BCUT2D eigenvalue weighted by Gasteiger charge is -2.24. The minimum atomic E-state index is 0.436. The van der Waals surface area contributed by atoms with Gasteiger partial charge in [-0.1, -0.05) is 24.4 Å². The van der Waals surface area contributed by atoms with E-state index in [1.165, 1.54) is 38.5 Å². The number of hydrogen-bond donors (Lipinski definition) is 5. The predicted octanol–water partition coefficient (Wildman–Crippen LogP) is 2.78. The van der Waals surface area contributed by atoms with E-state index < -0.39 is 0 Å². The van der Waals surface area contributed by atoms with Crippen LogP contribution in [0.4, 0.5) is 11.8 Å². The van der Waals surface area contributed by atoms with Crippen LogP contribution in [0, 0.1) is 6.92 Å². The number of aromatic nitrogens is 4. The molecule has 0 radical (unpaired) electrons. The molecule has 5 N–H and O–H groups in total. The van der Waals surface area contributed by atoms with Crippen molar-refractivity contribution < 1.29 is 4.52 Å². The quantitative estimate of drug-likeness (QED) is 0.255. The molecule has 0 spiro atoms. The Morgan fingerprint density at radius 3 is 2.63 bits per heavy atom. The second-order valence-corrected chi connectivity index (χ2v) is 9.84. The molecule has 10 heteroatoms. The van der Waals surface area contributed by atoms with Crippen molar-refractivity contribution in [3.05, 3.63) is 23.5 Å². The van der Waals surface area contributed by atoms with Gasteiger partial charge in [0.1, 0.15) is 5.82 Å². The van der Waals surface area contributed by atoms with Crippen molar-refractivity contribution >= 4 is 11.8 Å². The second kappa shape index (κ2) is 14.3. The van der Waals surface area contributed by atoms with E-state index in [0.717, 1.165) is 76.0 Å². The van der Waals surface area contributed by atoms with E-state index in [9.17, 15) is 0 Å². The fourth-order valence-electron chi connectivity index (χ4n) is 4.83. The van der Waals surface area contributed by atoms with E-state index in [0.29, 0.717) is 30.3 Å². The molecule has 194 valence electrons. The van der Waals surface area contributed by atoms with Crippen molar-refractivity contribution in [1.82, 2.24) is 36.1 Å². The molecule has 3 heterocycles. The maximum Gasteiger partial charge on any atom is 0.226 e. The molecule has 1 saturated heterocycles. The summed E-state index contributed by atoms with van der Waals surface area (Å²) in [5.41, 5.74) is 0.921. The number of aryl methyl sites for hydroxylation is 2. The summed E-state index contributed by atoms with van der Waals surface area (Å²) in [7, 11) is 0. The van der Waals surface area contributed by atoms with Gasteiger partial charge in [-0.05, 0) is 78.2 Å². The monoisotopic (exact) mass is 485 g/mol. The smallest absolute Gasteiger partial charge is 0.226 e. The fourth-order valence-corrected chi connectivity index (χ4v) is 4.83. The van der Waals surface area contributed by atoms with Gasteiger partial charge in [0.05, 0.1) is 6.54 Å². The Hall–Kier alpha value is -2.30. The third-order valence-corrected chi connectivity index (χ3v) is 6.77. The first kappa shape index (κ1) is 25.8. The van der Waals surface area contributed by atoms with Gasteiger partial charge in [0, 0.05) is 30.3 Å². The Bertz CT molecular complexity index is 862. The van der Waals surface area contributed by atoms with Crippen molar-refractivity contribution in [2.24, 2.45) is 0 Å². The molecule has 0 bridgehead atoms. The number of nitrogens with one attached hydrogen (secondary N) is 5. The van der Waals surface area contributed by atoms with Gasteiger partial charge in [-0.2, -0.15) is 9.97 Å². The molecular weight excluding hydrogens is 442 g/mol. The maximum absolute atomic E-state index is 5.42. The van der Waals surface area contributed by atoms with Crippen molar-refractivity contribution in [2.45, 2.75) is 89.8 Å². The van der Waals surface area contributed by atoms with Crippen LogP contribution in [0.2, 0.25) is 0 Å². The standard InChI is InChI=1S/C25H43N9O/c1-19-17-22(31-21-10-15-27-16-11-21)33-25(30-19)29-18-23-32-24(35-34-23)9-5-12-26-13-6-14-28-20-7-3-2-4-8-20/h17,20-21,26-28H,2-16,18H2,1H3,(H2,29,30,31,33). The molecular formula is C25H43N9O. The number of rotatable bonds is 14. The summed E-state index contributed by atoms with van der Waals surface area (Å²) in [4.78, 5) is 13.6. The minimum Gasteiger partial charge on any atom is -0.367 e. The largest absolute Gasteiger partial charge is 0.367 e. The summed E-state index contributed by atoms with van der Waals surface area (Å²) in [6.45, 7) is 7.62. The van der Waals surface area contributed by atoms with Crippen LogP contribution < -0.4 is 26.6 Å². The van der Waals surface area contributed by atoms with Crippen molar-refractivity contribution in [3.8, 4) is 0 Å². The minimum absolute atomic E-state index is 0.436. The fraction of sp³-hybridized carbons (Fsp3) is 0.760. The normalized spacial score (nSPS) is 17.5. The highest BCUT2D eigenvalue weighted by Gasteiger charge is 2.14. The van der Waals surface area contributed by atoms with Gasteiger partial charge in [-0.3, -0.25) is 0 Å². The molecule has 1 saturated carbocycles. The van der Waals surface area contributed by atoms with E-state index in [2.05, 4.69) is 46.7 Å². The summed E-state index contributed by atoms with van der Waals surface area (Å²) >= 11 is 0. The van der Waals surface area contributed by atoms with Crippen LogP contribution in [-0.2, 0) is 13.0 Å². The van der Waals surface area contributed by atoms with E-state index in [1.54, 1.807) is 0 Å². The highest BCUT2D eigenvalue weighted by molar-refractivity contribution is 5.43. The molecule has 2 aliphatic rings. The number of anilines is 2. The van der Waals surface area contributed by atoms with Crippen molar-refractivity contribution in [3.63, 3.8) is 0 Å². The van der Waals surface area contributed by atoms with Crippen LogP contribution in [0.25, 0.3) is 0 Å². The van der Waals surface area contributed by atoms with Gasteiger partial charge in [0.15, 0.2) is 5.82 Å². The number of nitrogens with zero attached hydrogens (tertiary/aromatic N) is 4. The lowest BCUT2D eigenvalue weighted by atomic mass is 9.95. The summed E-state index contributed by atoms with van der Waals surface area (Å²) in [6, 6.07) is 3.19. The van der Waals surface area contributed by atoms with Gasteiger partial charge in [0.25, 0.3) is 0 Å². The van der Waals surface area contributed by atoms with Crippen LogP contribution in [0.3, 0.4) is 0 Å². The average molecular weight is 486 g/mol. The highest BCUT2D eigenvalue weighted by Crippen LogP contribution is 2.17. The molecule has 2 aromatic rings. The average Bonchev–Trinajstić information content (AvgIpc) is 3.33. The lowest BCUT2D eigenvalue weighted by Crippen LogP contribution is -2.35. The number of hydrogen-bond acceptors (Lipinski definition) is 10. The molecule has 2 fully saturated rings.